The zero-order valence-corrected chi connectivity index (χ0v) is 13.4. The molecule has 0 aliphatic heterocycles. The van der Waals surface area contributed by atoms with Crippen molar-refractivity contribution in [2.24, 2.45) is 0 Å². The summed E-state index contributed by atoms with van der Waals surface area (Å²) in [6.45, 7) is 12.7. The molecule has 0 bridgehead atoms. The summed E-state index contributed by atoms with van der Waals surface area (Å²) in [6.07, 6.45) is 1.14. The van der Waals surface area contributed by atoms with Crippen molar-refractivity contribution in [1.82, 2.24) is 5.32 Å². The maximum atomic E-state index is 5.71. The van der Waals surface area contributed by atoms with E-state index in [1.807, 2.05) is 6.92 Å². The van der Waals surface area contributed by atoms with Gasteiger partial charge in [0.1, 0.15) is 12.4 Å². The first-order valence-corrected chi connectivity index (χ1v) is 7.62. The average Bonchev–Trinajstić information content (AvgIpc) is 2.47. The maximum absolute atomic E-state index is 5.71. The molecule has 3 heteroatoms. The van der Waals surface area contributed by atoms with E-state index >= 15 is 0 Å². The van der Waals surface area contributed by atoms with Gasteiger partial charge >= 0.3 is 0 Å². The summed E-state index contributed by atoms with van der Waals surface area (Å²) in [5.41, 5.74) is 1.60. The van der Waals surface area contributed by atoms with E-state index in [9.17, 15) is 0 Å². The summed E-state index contributed by atoms with van der Waals surface area (Å²) in [4.78, 5) is 0. The number of benzene rings is 1. The molecule has 0 saturated carbocycles. The lowest BCUT2D eigenvalue weighted by molar-refractivity contribution is 0.148. The molecule has 0 atom stereocenters. The predicted octanol–water partition coefficient (Wildman–Crippen LogP) is 3.38. The Morgan fingerprint density at radius 2 is 1.65 bits per heavy atom. The molecule has 0 radical (unpaired) electrons. The fourth-order valence-corrected chi connectivity index (χ4v) is 1.86. The van der Waals surface area contributed by atoms with Crippen molar-refractivity contribution in [1.29, 1.82) is 0 Å². The minimum absolute atomic E-state index is 0.235. The van der Waals surface area contributed by atoms with Crippen molar-refractivity contribution in [2.75, 3.05) is 32.9 Å². The van der Waals surface area contributed by atoms with E-state index in [4.69, 9.17) is 9.47 Å². The highest BCUT2D eigenvalue weighted by molar-refractivity contribution is 5.31. The van der Waals surface area contributed by atoms with E-state index in [-0.39, 0.29) is 5.41 Å². The minimum Gasteiger partial charge on any atom is -0.492 e. The van der Waals surface area contributed by atoms with Crippen LogP contribution >= 0.6 is 0 Å². The largest absolute Gasteiger partial charge is 0.492 e. The average molecular weight is 279 g/mol. The van der Waals surface area contributed by atoms with Gasteiger partial charge in [-0.05, 0) is 36.5 Å². The Labute approximate surface area is 123 Å². The molecule has 1 aromatic rings. The van der Waals surface area contributed by atoms with Crippen LogP contribution in [0, 0.1) is 0 Å². The van der Waals surface area contributed by atoms with Gasteiger partial charge in [-0.1, -0.05) is 32.9 Å². The summed E-state index contributed by atoms with van der Waals surface area (Å²) >= 11 is 0. The molecule has 0 unspecified atom stereocenters. The monoisotopic (exact) mass is 279 g/mol. The summed E-state index contributed by atoms with van der Waals surface area (Å²) < 4.78 is 11.0. The zero-order chi connectivity index (χ0) is 14.8. The van der Waals surface area contributed by atoms with Crippen molar-refractivity contribution in [2.45, 2.75) is 39.5 Å². The quantitative estimate of drug-likeness (QED) is 0.666. The Bertz CT molecular complexity index is 360. The van der Waals surface area contributed by atoms with Crippen molar-refractivity contribution in [3.05, 3.63) is 29.8 Å². The van der Waals surface area contributed by atoms with Crippen LogP contribution in [0.3, 0.4) is 0 Å². The summed E-state index contributed by atoms with van der Waals surface area (Å²) in [7, 11) is 0. The van der Waals surface area contributed by atoms with Crippen molar-refractivity contribution < 1.29 is 9.47 Å². The smallest absolute Gasteiger partial charge is 0.119 e. The van der Waals surface area contributed by atoms with Gasteiger partial charge in [0.05, 0.1) is 6.61 Å². The lowest BCUT2D eigenvalue weighted by Gasteiger charge is -2.23. The topological polar surface area (TPSA) is 30.5 Å². The molecule has 0 aromatic heterocycles. The second-order valence-corrected chi connectivity index (χ2v) is 5.56. The molecule has 0 amide bonds. The predicted molar refractivity (Wildman–Crippen MR) is 84.6 cm³/mol. The van der Waals surface area contributed by atoms with Crippen LogP contribution in [0.1, 0.15) is 39.7 Å². The minimum atomic E-state index is 0.235. The van der Waals surface area contributed by atoms with Gasteiger partial charge in [-0.15, -0.1) is 0 Å². The Morgan fingerprint density at radius 1 is 1.00 bits per heavy atom. The second-order valence-electron chi connectivity index (χ2n) is 5.56. The molecule has 0 aliphatic rings. The highest BCUT2D eigenvalue weighted by Crippen LogP contribution is 2.27. The van der Waals surface area contributed by atoms with Crippen LogP contribution in [0.15, 0.2) is 24.3 Å². The van der Waals surface area contributed by atoms with Gasteiger partial charge in [-0.25, -0.2) is 0 Å². The van der Waals surface area contributed by atoms with Gasteiger partial charge in [0.2, 0.25) is 0 Å². The standard InChI is InChI=1S/C17H29NO2/c1-5-17(3,4)15-7-9-16(10-8-15)20-14-12-18-11-13-19-6-2/h7-10,18H,5-6,11-14H2,1-4H3. The van der Waals surface area contributed by atoms with Gasteiger partial charge < -0.3 is 14.8 Å². The Morgan fingerprint density at radius 3 is 2.25 bits per heavy atom. The number of rotatable bonds is 10. The summed E-state index contributed by atoms with van der Waals surface area (Å²) in [6, 6.07) is 8.46. The maximum Gasteiger partial charge on any atom is 0.119 e. The van der Waals surface area contributed by atoms with E-state index in [0.717, 1.165) is 38.5 Å². The van der Waals surface area contributed by atoms with Crippen LogP contribution in [0.25, 0.3) is 0 Å². The first-order chi connectivity index (χ1) is 9.60. The van der Waals surface area contributed by atoms with E-state index < -0.39 is 0 Å². The van der Waals surface area contributed by atoms with Crippen LogP contribution in [-0.2, 0) is 10.2 Å². The third kappa shape index (κ3) is 5.93. The third-order valence-electron chi connectivity index (χ3n) is 3.69. The zero-order valence-electron chi connectivity index (χ0n) is 13.4. The van der Waals surface area contributed by atoms with Crippen molar-refractivity contribution in [3.8, 4) is 5.75 Å². The third-order valence-corrected chi connectivity index (χ3v) is 3.69. The molecular weight excluding hydrogens is 250 g/mol. The van der Waals surface area contributed by atoms with E-state index in [1.54, 1.807) is 0 Å². The van der Waals surface area contributed by atoms with Crippen LogP contribution in [0.2, 0.25) is 0 Å². The molecule has 1 aromatic carbocycles. The van der Waals surface area contributed by atoms with Crippen LogP contribution in [0.5, 0.6) is 5.75 Å². The molecule has 1 N–H and O–H groups in total. The summed E-state index contributed by atoms with van der Waals surface area (Å²) in [5.74, 6) is 0.937. The Hall–Kier alpha value is -1.06. The SMILES string of the molecule is CCOCCNCCOc1ccc(C(C)(C)CC)cc1. The first kappa shape index (κ1) is 17.0. The van der Waals surface area contributed by atoms with Gasteiger partial charge in [0.25, 0.3) is 0 Å². The van der Waals surface area contributed by atoms with Crippen molar-refractivity contribution >= 4 is 0 Å². The number of nitrogens with one attached hydrogen (secondary N) is 1. The molecule has 0 saturated heterocycles. The molecule has 1 rings (SSSR count). The van der Waals surface area contributed by atoms with Gasteiger partial charge in [-0.2, -0.15) is 0 Å². The molecule has 20 heavy (non-hydrogen) atoms. The van der Waals surface area contributed by atoms with Gasteiger partial charge in [-0.3, -0.25) is 0 Å². The summed E-state index contributed by atoms with van der Waals surface area (Å²) in [5, 5.41) is 3.29. The lowest BCUT2D eigenvalue weighted by Crippen LogP contribution is -2.25. The number of hydrogen-bond donors (Lipinski definition) is 1. The van der Waals surface area contributed by atoms with E-state index in [0.29, 0.717) is 6.61 Å². The number of hydrogen-bond acceptors (Lipinski definition) is 3. The molecule has 3 nitrogen and oxygen atoms in total. The first-order valence-electron chi connectivity index (χ1n) is 7.62. The molecule has 0 fully saturated rings. The highest BCUT2D eigenvalue weighted by Gasteiger charge is 2.17. The Kier molecular flexibility index (Phi) is 7.63. The second kappa shape index (κ2) is 8.98. The number of ether oxygens (including phenoxy) is 2. The fraction of sp³-hybridized carbons (Fsp3) is 0.647. The van der Waals surface area contributed by atoms with E-state index in [1.165, 1.54) is 5.56 Å². The van der Waals surface area contributed by atoms with Crippen molar-refractivity contribution in [3.63, 3.8) is 0 Å². The van der Waals surface area contributed by atoms with E-state index in [2.05, 4.69) is 50.4 Å². The highest BCUT2D eigenvalue weighted by atomic mass is 16.5. The van der Waals surface area contributed by atoms with Crippen LogP contribution in [0.4, 0.5) is 0 Å². The molecule has 114 valence electrons. The fourth-order valence-electron chi connectivity index (χ4n) is 1.86. The molecule has 0 spiro atoms. The molecular formula is C17H29NO2. The van der Waals surface area contributed by atoms with Crippen LogP contribution < -0.4 is 10.1 Å². The van der Waals surface area contributed by atoms with Gasteiger partial charge in [0, 0.05) is 19.7 Å². The lowest BCUT2D eigenvalue weighted by atomic mass is 9.82. The normalized spacial score (nSPS) is 11.6. The molecule has 0 aliphatic carbocycles. The molecule has 0 heterocycles. The van der Waals surface area contributed by atoms with Gasteiger partial charge in [0.15, 0.2) is 0 Å². The van der Waals surface area contributed by atoms with Crippen LogP contribution in [-0.4, -0.2) is 32.9 Å². The Balaban J connectivity index is 2.25.